The van der Waals surface area contributed by atoms with Crippen molar-refractivity contribution in [3.8, 4) is 0 Å². The van der Waals surface area contributed by atoms with Gasteiger partial charge in [-0.2, -0.15) is 0 Å². The summed E-state index contributed by atoms with van der Waals surface area (Å²) in [7, 11) is 2.12. The van der Waals surface area contributed by atoms with Crippen LogP contribution in [0.5, 0.6) is 0 Å². The third kappa shape index (κ3) is 3.80. The number of amides is 2. The maximum Gasteiger partial charge on any atom is 0.396 e. The van der Waals surface area contributed by atoms with Gasteiger partial charge in [-0.3, -0.25) is 9.59 Å². The molecule has 0 saturated heterocycles. The van der Waals surface area contributed by atoms with E-state index in [1.807, 2.05) is 0 Å². The van der Waals surface area contributed by atoms with Crippen LogP contribution in [0.25, 0.3) is 0 Å². The number of nitrogens with one attached hydrogen (secondary N) is 2. The molecule has 0 aliphatic heterocycles. The fourth-order valence-electron chi connectivity index (χ4n) is 1.23. The average molecular weight is 280 g/mol. The topological polar surface area (TPSA) is 111 Å². The van der Waals surface area contributed by atoms with Gasteiger partial charge in [0.2, 0.25) is 0 Å². The van der Waals surface area contributed by atoms with E-state index in [9.17, 15) is 19.2 Å². The van der Waals surface area contributed by atoms with Gasteiger partial charge in [0.15, 0.2) is 0 Å². The molecule has 106 valence electrons. The Bertz CT molecular complexity index is 506. The van der Waals surface area contributed by atoms with Crippen molar-refractivity contribution in [2.24, 2.45) is 0 Å². The van der Waals surface area contributed by atoms with Gasteiger partial charge >= 0.3 is 23.8 Å². The molecule has 8 heteroatoms. The molecule has 1 aromatic carbocycles. The minimum atomic E-state index is -1.08. The molecule has 0 unspecified atom stereocenters. The molecule has 0 atom stereocenters. The Morgan fingerprint density at radius 3 is 1.45 bits per heavy atom. The summed E-state index contributed by atoms with van der Waals surface area (Å²) < 4.78 is 8.50. The third-order valence-corrected chi connectivity index (χ3v) is 2.17. The molecule has 0 fully saturated rings. The molecular weight excluding hydrogens is 268 g/mol. The third-order valence-electron chi connectivity index (χ3n) is 2.17. The van der Waals surface area contributed by atoms with Gasteiger partial charge in [-0.05, 0) is 12.1 Å². The summed E-state index contributed by atoms with van der Waals surface area (Å²) in [6.07, 6.45) is 0. The summed E-state index contributed by atoms with van der Waals surface area (Å²) >= 11 is 0. The van der Waals surface area contributed by atoms with E-state index < -0.39 is 23.8 Å². The SMILES string of the molecule is COC(=O)C(=O)Nc1ccccc1NC(=O)C(=O)OC. The fourth-order valence-corrected chi connectivity index (χ4v) is 1.23. The Labute approximate surface area is 114 Å². The first-order chi connectivity index (χ1) is 9.49. The number of benzene rings is 1. The molecule has 2 N–H and O–H groups in total. The number of hydrogen-bond acceptors (Lipinski definition) is 6. The molecule has 0 aliphatic rings. The molecule has 0 aliphatic carbocycles. The number of esters is 2. The second kappa shape index (κ2) is 6.88. The van der Waals surface area contributed by atoms with Gasteiger partial charge in [0.25, 0.3) is 0 Å². The molecule has 0 aromatic heterocycles. The zero-order valence-electron chi connectivity index (χ0n) is 10.8. The normalized spacial score (nSPS) is 9.30. The molecule has 8 nitrogen and oxygen atoms in total. The standard InChI is InChI=1S/C12H12N2O6/c1-19-11(17)9(15)13-7-5-3-4-6-8(7)14-10(16)12(18)20-2/h3-6H,1-2H3,(H,13,15)(H,14,16). The number of hydrogen-bond donors (Lipinski definition) is 2. The van der Waals surface area contributed by atoms with Crippen LogP contribution in [-0.4, -0.2) is 38.0 Å². The smallest absolute Gasteiger partial charge is 0.396 e. The van der Waals surface area contributed by atoms with Crippen molar-refractivity contribution in [3.05, 3.63) is 24.3 Å². The summed E-state index contributed by atoms with van der Waals surface area (Å²) in [5.41, 5.74) is 0.278. The molecule has 0 saturated carbocycles. The van der Waals surface area contributed by atoms with Crippen molar-refractivity contribution >= 4 is 35.1 Å². The number of carbonyl (C=O) groups is 4. The summed E-state index contributed by atoms with van der Waals surface area (Å²) in [5.74, 6) is -4.18. The maximum atomic E-state index is 11.4. The number of anilines is 2. The lowest BCUT2D eigenvalue weighted by atomic mass is 10.2. The van der Waals surface area contributed by atoms with Crippen LogP contribution in [0.2, 0.25) is 0 Å². The van der Waals surface area contributed by atoms with Gasteiger partial charge < -0.3 is 20.1 Å². The second-order valence-corrected chi connectivity index (χ2v) is 3.44. The Morgan fingerprint density at radius 2 is 1.15 bits per heavy atom. The van der Waals surface area contributed by atoms with E-state index in [2.05, 4.69) is 20.1 Å². The van der Waals surface area contributed by atoms with Crippen molar-refractivity contribution in [1.29, 1.82) is 0 Å². The molecule has 2 amide bonds. The van der Waals surface area contributed by atoms with E-state index in [4.69, 9.17) is 0 Å². The number of methoxy groups -OCH3 is 2. The van der Waals surface area contributed by atoms with Crippen molar-refractivity contribution in [3.63, 3.8) is 0 Å². The first kappa shape index (κ1) is 15.2. The molecule has 1 aromatic rings. The molecule has 0 radical (unpaired) electrons. The van der Waals surface area contributed by atoms with Crippen LogP contribution in [0.3, 0.4) is 0 Å². The second-order valence-electron chi connectivity index (χ2n) is 3.44. The molecule has 0 spiro atoms. The number of para-hydroxylation sites is 2. The lowest BCUT2D eigenvalue weighted by Crippen LogP contribution is -2.27. The van der Waals surface area contributed by atoms with Crippen LogP contribution in [0.4, 0.5) is 11.4 Å². The lowest BCUT2D eigenvalue weighted by molar-refractivity contribution is -0.150. The molecular formula is C12H12N2O6. The molecule has 1 rings (SSSR count). The first-order valence-electron chi connectivity index (χ1n) is 5.37. The van der Waals surface area contributed by atoms with Gasteiger partial charge in [0, 0.05) is 0 Å². The minimum Gasteiger partial charge on any atom is -0.462 e. The van der Waals surface area contributed by atoms with Crippen LogP contribution in [0.1, 0.15) is 0 Å². The Morgan fingerprint density at radius 1 is 0.800 bits per heavy atom. The predicted octanol–water partition coefficient (Wildman–Crippen LogP) is -0.0904. The monoisotopic (exact) mass is 280 g/mol. The molecule has 20 heavy (non-hydrogen) atoms. The van der Waals surface area contributed by atoms with E-state index in [1.165, 1.54) is 12.1 Å². The summed E-state index contributed by atoms with van der Waals surface area (Å²) in [6.45, 7) is 0. The van der Waals surface area contributed by atoms with Gasteiger partial charge in [-0.25, -0.2) is 9.59 Å². The zero-order valence-corrected chi connectivity index (χ0v) is 10.8. The minimum absolute atomic E-state index is 0.139. The lowest BCUT2D eigenvalue weighted by Gasteiger charge is -2.10. The highest BCUT2D eigenvalue weighted by atomic mass is 16.5. The van der Waals surface area contributed by atoms with E-state index in [1.54, 1.807) is 12.1 Å². The Kier molecular flexibility index (Phi) is 5.21. The summed E-state index contributed by atoms with van der Waals surface area (Å²) in [6, 6.07) is 6.02. The Balaban J connectivity index is 2.88. The van der Waals surface area contributed by atoms with E-state index >= 15 is 0 Å². The van der Waals surface area contributed by atoms with Crippen molar-refractivity contribution in [2.45, 2.75) is 0 Å². The summed E-state index contributed by atoms with van der Waals surface area (Å²) in [4.78, 5) is 44.8. The quantitative estimate of drug-likeness (QED) is 0.578. The number of carbonyl (C=O) groups excluding carboxylic acids is 4. The number of ether oxygens (including phenoxy) is 2. The van der Waals surface area contributed by atoms with Crippen LogP contribution >= 0.6 is 0 Å². The molecule has 0 heterocycles. The van der Waals surface area contributed by atoms with Crippen molar-refractivity contribution in [2.75, 3.05) is 24.9 Å². The predicted molar refractivity (Wildman–Crippen MR) is 67.7 cm³/mol. The van der Waals surface area contributed by atoms with Crippen LogP contribution in [-0.2, 0) is 28.7 Å². The van der Waals surface area contributed by atoms with Crippen LogP contribution < -0.4 is 10.6 Å². The maximum absolute atomic E-state index is 11.4. The first-order valence-corrected chi connectivity index (χ1v) is 5.37. The van der Waals surface area contributed by atoms with Gasteiger partial charge in [-0.1, -0.05) is 12.1 Å². The average Bonchev–Trinajstić information content (AvgIpc) is 2.47. The fraction of sp³-hybridized carbons (Fsp3) is 0.167. The largest absolute Gasteiger partial charge is 0.462 e. The highest BCUT2D eigenvalue weighted by Crippen LogP contribution is 2.20. The zero-order chi connectivity index (χ0) is 15.1. The van der Waals surface area contributed by atoms with Gasteiger partial charge in [0.05, 0.1) is 25.6 Å². The van der Waals surface area contributed by atoms with E-state index in [-0.39, 0.29) is 11.4 Å². The van der Waals surface area contributed by atoms with Crippen LogP contribution in [0, 0.1) is 0 Å². The molecule has 0 bridgehead atoms. The number of rotatable bonds is 2. The highest BCUT2D eigenvalue weighted by molar-refractivity contribution is 6.39. The van der Waals surface area contributed by atoms with Gasteiger partial charge in [0.1, 0.15) is 0 Å². The van der Waals surface area contributed by atoms with Gasteiger partial charge in [-0.15, -0.1) is 0 Å². The van der Waals surface area contributed by atoms with E-state index in [0.717, 1.165) is 14.2 Å². The van der Waals surface area contributed by atoms with Crippen LogP contribution in [0.15, 0.2) is 24.3 Å². The Hall–Kier alpha value is -2.90. The van der Waals surface area contributed by atoms with Crippen molar-refractivity contribution < 1.29 is 28.7 Å². The summed E-state index contributed by atoms with van der Waals surface area (Å²) in [5, 5.41) is 4.49. The highest BCUT2D eigenvalue weighted by Gasteiger charge is 2.18. The van der Waals surface area contributed by atoms with Crippen molar-refractivity contribution in [1.82, 2.24) is 0 Å². The van der Waals surface area contributed by atoms with E-state index in [0.29, 0.717) is 0 Å².